The van der Waals surface area contributed by atoms with E-state index in [0.717, 1.165) is 6.54 Å². The van der Waals surface area contributed by atoms with E-state index < -0.39 is 0 Å². The van der Waals surface area contributed by atoms with Crippen LogP contribution in [0.25, 0.3) is 11.5 Å². The van der Waals surface area contributed by atoms with Gasteiger partial charge in [-0.1, -0.05) is 29.8 Å². The second-order valence-corrected chi connectivity index (χ2v) is 6.03. The predicted octanol–water partition coefficient (Wildman–Crippen LogP) is 4.38. The minimum atomic E-state index is -0.287. The Hall–Kier alpha value is -2.53. The van der Waals surface area contributed by atoms with Crippen molar-refractivity contribution in [3.05, 3.63) is 71.4 Å². The molecule has 0 radical (unpaired) electrons. The van der Waals surface area contributed by atoms with Crippen LogP contribution >= 0.6 is 0 Å². The van der Waals surface area contributed by atoms with Crippen LogP contribution in [-0.2, 0) is 6.54 Å². The quantitative estimate of drug-likeness (QED) is 0.698. The van der Waals surface area contributed by atoms with Gasteiger partial charge >= 0.3 is 0 Å². The highest BCUT2D eigenvalue weighted by Gasteiger charge is 2.19. The fourth-order valence-corrected chi connectivity index (χ4v) is 2.42. The zero-order chi connectivity index (χ0) is 17.1. The number of hydrogen-bond acceptors (Lipinski definition) is 4. The number of rotatable bonds is 5. The molecule has 0 saturated heterocycles. The van der Waals surface area contributed by atoms with Crippen molar-refractivity contribution >= 4 is 0 Å². The zero-order valence-electron chi connectivity index (χ0n) is 14.0. The first-order valence-corrected chi connectivity index (χ1v) is 7.88. The summed E-state index contributed by atoms with van der Waals surface area (Å²) >= 11 is 0. The van der Waals surface area contributed by atoms with Crippen LogP contribution in [0, 0.1) is 12.7 Å². The van der Waals surface area contributed by atoms with E-state index in [1.165, 1.54) is 23.3 Å². The average Bonchev–Trinajstić information content (AvgIpc) is 3.07. The molecule has 1 unspecified atom stereocenters. The molecular formula is C19H20FN3O. The molecule has 5 heteroatoms. The van der Waals surface area contributed by atoms with Crippen molar-refractivity contribution in [3.8, 4) is 11.5 Å². The maximum absolute atomic E-state index is 13.0. The lowest BCUT2D eigenvalue weighted by Gasteiger charge is -2.21. The molecule has 0 N–H and O–H groups in total. The van der Waals surface area contributed by atoms with Crippen LogP contribution in [0.3, 0.4) is 0 Å². The van der Waals surface area contributed by atoms with Gasteiger partial charge in [0.25, 0.3) is 0 Å². The Balaban J connectivity index is 1.71. The smallest absolute Gasteiger partial charge is 0.247 e. The van der Waals surface area contributed by atoms with Gasteiger partial charge in [0, 0.05) is 12.1 Å². The second kappa shape index (κ2) is 6.93. The minimum absolute atomic E-state index is 0.0204. The number of benzene rings is 2. The Morgan fingerprint density at radius 2 is 1.71 bits per heavy atom. The number of hydrogen-bond donors (Lipinski definition) is 0. The first kappa shape index (κ1) is 16.3. The van der Waals surface area contributed by atoms with Crippen LogP contribution in [0.4, 0.5) is 4.39 Å². The molecule has 3 rings (SSSR count). The summed E-state index contributed by atoms with van der Waals surface area (Å²) < 4.78 is 18.8. The van der Waals surface area contributed by atoms with Crippen LogP contribution in [0.5, 0.6) is 0 Å². The van der Waals surface area contributed by atoms with Crippen molar-refractivity contribution in [1.82, 2.24) is 15.1 Å². The molecule has 0 aliphatic carbocycles. The summed E-state index contributed by atoms with van der Waals surface area (Å²) in [6.45, 7) is 4.89. The van der Waals surface area contributed by atoms with Crippen molar-refractivity contribution in [2.45, 2.75) is 26.4 Å². The molecule has 1 aromatic heterocycles. The number of aromatic nitrogens is 2. The zero-order valence-corrected chi connectivity index (χ0v) is 14.0. The average molecular weight is 325 g/mol. The fourth-order valence-electron chi connectivity index (χ4n) is 2.42. The fraction of sp³-hybridized carbons (Fsp3) is 0.263. The molecule has 3 aromatic rings. The Bertz CT molecular complexity index is 796. The van der Waals surface area contributed by atoms with E-state index in [9.17, 15) is 4.39 Å². The van der Waals surface area contributed by atoms with Crippen molar-refractivity contribution in [3.63, 3.8) is 0 Å². The summed E-state index contributed by atoms with van der Waals surface area (Å²) in [6, 6.07) is 14.5. The van der Waals surface area contributed by atoms with Gasteiger partial charge in [0.2, 0.25) is 11.8 Å². The highest BCUT2D eigenvalue weighted by molar-refractivity contribution is 5.51. The van der Waals surface area contributed by atoms with Crippen LogP contribution in [-0.4, -0.2) is 22.1 Å². The number of halogens is 1. The molecule has 0 aliphatic rings. The van der Waals surface area contributed by atoms with Crippen LogP contribution in [0.2, 0.25) is 0 Å². The van der Waals surface area contributed by atoms with E-state index in [-0.39, 0.29) is 11.9 Å². The van der Waals surface area contributed by atoms with E-state index in [0.29, 0.717) is 17.3 Å². The van der Waals surface area contributed by atoms with Gasteiger partial charge in [0.15, 0.2) is 0 Å². The molecule has 0 spiro atoms. The standard InChI is InChI=1S/C19H20FN3O/c1-13-4-6-15(7-5-13)12-23(3)14(2)18-21-22-19(24-18)16-8-10-17(20)11-9-16/h4-11,14H,12H2,1-3H3. The third kappa shape index (κ3) is 3.68. The second-order valence-electron chi connectivity index (χ2n) is 6.03. The largest absolute Gasteiger partial charge is 0.419 e. The van der Waals surface area contributed by atoms with Crippen LogP contribution < -0.4 is 0 Å². The van der Waals surface area contributed by atoms with Crippen molar-refractivity contribution in [2.24, 2.45) is 0 Å². The Morgan fingerprint density at radius 3 is 2.38 bits per heavy atom. The van der Waals surface area contributed by atoms with E-state index in [4.69, 9.17) is 4.42 Å². The van der Waals surface area contributed by atoms with Crippen molar-refractivity contribution in [2.75, 3.05) is 7.05 Å². The van der Waals surface area contributed by atoms with E-state index in [1.54, 1.807) is 12.1 Å². The predicted molar refractivity (Wildman–Crippen MR) is 90.8 cm³/mol. The molecule has 4 nitrogen and oxygen atoms in total. The lowest BCUT2D eigenvalue weighted by molar-refractivity contribution is 0.218. The lowest BCUT2D eigenvalue weighted by atomic mass is 10.1. The Kier molecular flexibility index (Phi) is 4.71. The van der Waals surface area contributed by atoms with Gasteiger partial charge < -0.3 is 4.42 Å². The molecule has 0 amide bonds. The molecule has 2 aromatic carbocycles. The van der Waals surface area contributed by atoms with E-state index >= 15 is 0 Å². The maximum atomic E-state index is 13.0. The summed E-state index contributed by atoms with van der Waals surface area (Å²) in [5, 5.41) is 8.21. The van der Waals surface area contributed by atoms with Gasteiger partial charge in [-0.25, -0.2) is 4.39 Å². The summed E-state index contributed by atoms with van der Waals surface area (Å²) in [7, 11) is 2.02. The van der Waals surface area contributed by atoms with Crippen molar-refractivity contribution < 1.29 is 8.81 Å². The maximum Gasteiger partial charge on any atom is 0.247 e. The monoisotopic (exact) mass is 325 g/mol. The van der Waals surface area contributed by atoms with Crippen molar-refractivity contribution in [1.29, 1.82) is 0 Å². The topological polar surface area (TPSA) is 42.2 Å². The lowest BCUT2D eigenvalue weighted by Crippen LogP contribution is -2.22. The van der Waals surface area contributed by atoms with Gasteiger partial charge in [-0.05, 0) is 50.7 Å². The molecular weight excluding hydrogens is 305 g/mol. The molecule has 0 bridgehead atoms. The van der Waals surface area contributed by atoms with E-state index in [1.807, 2.05) is 14.0 Å². The third-order valence-corrected chi connectivity index (χ3v) is 4.10. The molecule has 0 fully saturated rings. The van der Waals surface area contributed by atoms with Gasteiger partial charge in [0.05, 0.1) is 6.04 Å². The highest BCUT2D eigenvalue weighted by atomic mass is 19.1. The first-order chi connectivity index (χ1) is 11.5. The molecule has 24 heavy (non-hydrogen) atoms. The SMILES string of the molecule is Cc1ccc(CN(C)C(C)c2nnc(-c3ccc(F)cc3)o2)cc1. The molecule has 124 valence electrons. The van der Waals surface area contributed by atoms with Gasteiger partial charge in [0.1, 0.15) is 5.82 Å². The summed E-state index contributed by atoms with van der Waals surface area (Å²) in [5.74, 6) is 0.661. The summed E-state index contributed by atoms with van der Waals surface area (Å²) in [6.07, 6.45) is 0. The molecule has 0 aliphatic heterocycles. The van der Waals surface area contributed by atoms with Gasteiger partial charge in [-0.2, -0.15) is 0 Å². The molecule has 1 heterocycles. The van der Waals surface area contributed by atoms with Crippen LogP contribution in [0.15, 0.2) is 52.9 Å². The third-order valence-electron chi connectivity index (χ3n) is 4.10. The normalized spacial score (nSPS) is 12.5. The highest BCUT2D eigenvalue weighted by Crippen LogP contribution is 2.24. The van der Waals surface area contributed by atoms with Gasteiger partial charge in [-0.15, -0.1) is 10.2 Å². The minimum Gasteiger partial charge on any atom is -0.419 e. The first-order valence-electron chi connectivity index (χ1n) is 7.88. The summed E-state index contributed by atoms with van der Waals surface area (Å²) in [4.78, 5) is 2.15. The molecule has 0 saturated carbocycles. The Morgan fingerprint density at radius 1 is 1.04 bits per heavy atom. The van der Waals surface area contributed by atoms with Crippen LogP contribution in [0.1, 0.15) is 30.0 Å². The van der Waals surface area contributed by atoms with Gasteiger partial charge in [-0.3, -0.25) is 4.90 Å². The summed E-state index contributed by atoms with van der Waals surface area (Å²) in [5.41, 5.74) is 3.19. The van der Waals surface area contributed by atoms with E-state index in [2.05, 4.69) is 46.3 Å². The molecule has 1 atom stereocenters. The number of aryl methyl sites for hydroxylation is 1. The Labute approximate surface area is 140 Å². The number of nitrogens with zero attached hydrogens (tertiary/aromatic N) is 3.